The van der Waals surface area contributed by atoms with Gasteiger partial charge in [0, 0.05) is 12.6 Å². The zero-order chi connectivity index (χ0) is 16.7. The van der Waals surface area contributed by atoms with Crippen LogP contribution in [-0.2, 0) is 14.4 Å². The van der Waals surface area contributed by atoms with Crippen molar-refractivity contribution in [1.29, 1.82) is 0 Å². The van der Waals surface area contributed by atoms with Gasteiger partial charge in [0.15, 0.2) is 0 Å². The fraction of sp³-hybridized carbons (Fsp3) is 0.286. The van der Waals surface area contributed by atoms with Gasteiger partial charge in [0.1, 0.15) is 0 Å². The smallest absolute Gasteiger partial charge is 0.335 e. The molecule has 8 heteroatoms. The number of aryl methyl sites for hydroxylation is 1. The molecule has 3 amide bonds. The van der Waals surface area contributed by atoms with Crippen molar-refractivity contribution in [2.75, 3.05) is 18.4 Å². The minimum atomic E-state index is -1.10. The van der Waals surface area contributed by atoms with Gasteiger partial charge in [-0.05, 0) is 24.6 Å². The van der Waals surface area contributed by atoms with Crippen molar-refractivity contribution in [2.24, 2.45) is 0 Å². The highest BCUT2D eigenvalue weighted by Crippen LogP contribution is 2.16. The van der Waals surface area contributed by atoms with Gasteiger partial charge in [-0.1, -0.05) is 6.07 Å². The minimum absolute atomic E-state index is 0.0515. The summed E-state index contributed by atoms with van der Waals surface area (Å²) in [5, 5.41) is 16.1. The minimum Gasteiger partial charge on any atom is -0.478 e. The predicted octanol–water partition coefficient (Wildman–Crippen LogP) is -0.116. The topological polar surface area (TPSA) is 125 Å². The normalized spacial score (nSPS) is 9.73. The average molecular weight is 307 g/mol. The number of carbonyl (C=O) groups excluding carboxylic acids is 3. The fourth-order valence-electron chi connectivity index (χ4n) is 1.53. The van der Waals surface area contributed by atoms with E-state index >= 15 is 0 Å². The first-order chi connectivity index (χ1) is 10.3. The highest BCUT2D eigenvalue weighted by Gasteiger charge is 2.10. The van der Waals surface area contributed by atoms with Gasteiger partial charge in [0.25, 0.3) is 0 Å². The van der Waals surface area contributed by atoms with Gasteiger partial charge in [0.05, 0.1) is 18.7 Å². The third kappa shape index (κ3) is 5.61. The van der Waals surface area contributed by atoms with E-state index in [1.165, 1.54) is 19.1 Å². The number of hydrogen-bond donors (Lipinski definition) is 4. The molecule has 4 N–H and O–H groups in total. The predicted molar refractivity (Wildman–Crippen MR) is 78.5 cm³/mol. The second-order valence-corrected chi connectivity index (χ2v) is 4.57. The highest BCUT2D eigenvalue weighted by molar-refractivity contribution is 5.97. The number of anilines is 1. The number of nitrogens with one attached hydrogen (secondary N) is 3. The van der Waals surface area contributed by atoms with E-state index in [2.05, 4.69) is 16.0 Å². The number of benzene rings is 1. The summed E-state index contributed by atoms with van der Waals surface area (Å²) in [4.78, 5) is 44.6. The molecule has 0 atom stereocenters. The van der Waals surface area contributed by atoms with Crippen LogP contribution in [0.25, 0.3) is 0 Å². The van der Waals surface area contributed by atoms with Gasteiger partial charge < -0.3 is 21.1 Å². The number of hydrogen-bond acceptors (Lipinski definition) is 4. The zero-order valence-electron chi connectivity index (χ0n) is 12.2. The summed E-state index contributed by atoms with van der Waals surface area (Å²) in [6, 6.07) is 4.35. The van der Waals surface area contributed by atoms with Crippen LogP contribution in [0.15, 0.2) is 18.2 Å². The summed E-state index contributed by atoms with van der Waals surface area (Å²) in [7, 11) is 0. The van der Waals surface area contributed by atoms with Crippen LogP contribution in [0.4, 0.5) is 5.69 Å². The Bertz CT molecular complexity index is 612. The molecule has 0 aliphatic heterocycles. The molecule has 8 nitrogen and oxygen atoms in total. The van der Waals surface area contributed by atoms with E-state index in [1.54, 1.807) is 13.0 Å². The van der Waals surface area contributed by atoms with Crippen LogP contribution < -0.4 is 16.0 Å². The molecule has 0 aromatic heterocycles. The Morgan fingerprint density at radius 2 is 1.68 bits per heavy atom. The number of carbonyl (C=O) groups is 4. The lowest BCUT2D eigenvalue weighted by atomic mass is 10.1. The number of carboxylic acid groups (broad SMARTS) is 1. The molecule has 0 bridgehead atoms. The van der Waals surface area contributed by atoms with Crippen molar-refractivity contribution < 1.29 is 24.3 Å². The molecule has 0 spiro atoms. The van der Waals surface area contributed by atoms with Crippen LogP contribution in [0.2, 0.25) is 0 Å². The lowest BCUT2D eigenvalue weighted by Gasteiger charge is -2.10. The van der Waals surface area contributed by atoms with E-state index < -0.39 is 17.8 Å². The number of rotatable bonds is 6. The number of amides is 3. The monoisotopic (exact) mass is 307 g/mol. The SMILES string of the molecule is CC(=O)NCC(=O)NCC(=O)Nc1cc(C(=O)O)ccc1C. The molecule has 1 rings (SSSR count). The van der Waals surface area contributed by atoms with Crippen molar-refractivity contribution in [3.63, 3.8) is 0 Å². The second-order valence-electron chi connectivity index (χ2n) is 4.57. The van der Waals surface area contributed by atoms with Crippen molar-refractivity contribution in [3.05, 3.63) is 29.3 Å². The molecule has 0 radical (unpaired) electrons. The molecule has 1 aromatic carbocycles. The van der Waals surface area contributed by atoms with Crippen molar-refractivity contribution >= 4 is 29.4 Å². The number of carboxylic acids is 1. The molecule has 0 saturated carbocycles. The Morgan fingerprint density at radius 3 is 2.27 bits per heavy atom. The largest absolute Gasteiger partial charge is 0.478 e. The van der Waals surface area contributed by atoms with Crippen LogP contribution in [-0.4, -0.2) is 41.9 Å². The first-order valence-electron chi connectivity index (χ1n) is 6.44. The van der Waals surface area contributed by atoms with Crippen molar-refractivity contribution in [1.82, 2.24) is 10.6 Å². The Hall–Kier alpha value is -2.90. The molecule has 118 valence electrons. The molecule has 0 fully saturated rings. The van der Waals surface area contributed by atoms with E-state index in [-0.39, 0.29) is 24.6 Å². The van der Waals surface area contributed by atoms with Gasteiger partial charge in [-0.15, -0.1) is 0 Å². The van der Waals surface area contributed by atoms with Gasteiger partial charge in [-0.2, -0.15) is 0 Å². The van der Waals surface area contributed by atoms with E-state index in [9.17, 15) is 19.2 Å². The molecule has 22 heavy (non-hydrogen) atoms. The maximum absolute atomic E-state index is 11.7. The van der Waals surface area contributed by atoms with E-state index in [1.807, 2.05) is 0 Å². The van der Waals surface area contributed by atoms with Crippen LogP contribution >= 0.6 is 0 Å². The molecule has 0 saturated heterocycles. The van der Waals surface area contributed by atoms with E-state index in [0.29, 0.717) is 11.3 Å². The van der Waals surface area contributed by atoms with E-state index in [4.69, 9.17) is 5.11 Å². The maximum atomic E-state index is 11.7. The number of aromatic carboxylic acids is 1. The van der Waals surface area contributed by atoms with Gasteiger partial charge in [-0.3, -0.25) is 14.4 Å². The molecular formula is C14H17N3O5. The Kier molecular flexibility index (Phi) is 6.06. The zero-order valence-corrected chi connectivity index (χ0v) is 12.2. The van der Waals surface area contributed by atoms with Gasteiger partial charge >= 0.3 is 5.97 Å². The Morgan fingerprint density at radius 1 is 1.05 bits per heavy atom. The quantitative estimate of drug-likeness (QED) is 0.583. The summed E-state index contributed by atoms with van der Waals surface area (Å²) >= 11 is 0. The van der Waals surface area contributed by atoms with Crippen LogP contribution in [0.5, 0.6) is 0 Å². The molecule has 0 aliphatic rings. The summed E-state index contributed by atoms with van der Waals surface area (Å²) < 4.78 is 0. The molecule has 0 heterocycles. The van der Waals surface area contributed by atoms with Gasteiger partial charge in [0.2, 0.25) is 17.7 Å². The molecule has 0 unspecified atom stereocenters. The molecule has 0 aliphatic carbocycles. The summed E-state index contributed by atoms with van der Waals surface area (Å²) in [6.07, 6.45) is 0. The second kappa shape index (κ2) is 7.77. The highest BCUT2D eigenvalue weighted by atomic mass is 16.4. The fourth-order valence-corrected chi connectivity index (χ4v) is 1.53. The lowest BCUT2D eigenvalue weighted by molar-refractivity contribution is -0.126. The van der Waals surface area contributed by atoms with Gasteiger partial charge in [-0.25, -0.2) is 4.79 Å². The third-order valence-corrected chi connectivity index (χ3v) is 2.70. The Labute approximate surface area is 126 Å². The van der Waals surface area contributed by atoms with E-state index in [0.717, 1.165) is 0 Å². The first-order valence-corrected chi connectivity index (χ1v) is 6.44. The summed E-state index contributed by atoms with van der Waals surface area (Å²) in [6.45, 7) is 2.50. The average Bonchev–Trinajstić information content (AvgIpc) is 2.45. The van der Waals surface area contributed by atoms with Crippen molar-refractivity contribution in [3.8, 4) is 0 Å². The Balaban J connectivity index is 2.55. The summed E-state index contributed by atoms with van der Waals surface area (Å²) in [5.74, 6) is -2.44. The maximum Gasteiger partial charge on any atom is 0.335 e. The van der Waals surface area contributed by atoms with Crippen molar-refractivity contribution in [2.45, 2.75) is 13.8 Å². The van der Waals surface area contributed by atoms with Crippen LogP contribution in [0, 0.1) is 6.92 Å². The standard InChI is InChI=1S/C14H17N3O5/c1-8-3-4-10(14(21)22)5-11(8)17-13(20)7-16-12(19)6-15-9(2)18/h3-5H,6-7H2,1-2H3,(H,15,18)(H,16,19)(H,17,20)(H,21,22). The molecular weight excluding hydrogens is 290 g/mol. The third-order valence-electron chi connectivity index (χ3n) is 2.70. The van der Waals surface area contributed by atoms with Crippen LogP contribution in [0.3, 0.4) is 0 Å². The first kappa shape index (κ1) is 17.2. The summed E-state index contributed by atoms with van der Waals surface area (Å²) in [5.41, 5.74) is 1.11. The molecule has 1 aromatic rings. The van der Waals surface area contributed by atoms with Crippen LogP contribution in [0.1, 0.15) is 22.8 Å². The lowest BCUT2D eigenvalue weighted by Crippen LogP contribution is -2.39.